The summed E-state index contributed by atoms with van der Waals surface area (Å²) in [5, 5.41) is 2.32. The Morgan fingerprint density at radius 2 is 1.30 bits per heavy atom. The lowest BCUT2D eigenvalue weighted by atomic mass is 9.48. The average molecular weight is 415 g/mol. The van der Waals surface area contributed by atoms with Crippen LogP contribution in [0.3, 0.4) is 0 Å². The molecular formula is C25H28F3NO. The molecule has 4 bridgehead atoms. The van der Waals surface area contributed by atoms with Crippen molar-refractivity contribution in [2.45, 2.75) is 56.2 Å². The zero-order chi connectivity index (χ0) is 20.9. The summed E-state index contributed by atoms with van der Waals surface area (Å²) in [6.07, 6.45) is 3.94. The van der Waals surface area contributed by atoms with Gasteiger partial charge in [-0.15, -0.1) is 0 Å². The van der Waals surface area contributed by atoms with E-state index in [0.717, 1.165) is 23.5 Å². The molecule has 160 valence electrons. The minimum absolute atomic E-state index is 0.175. The molecule has 1 atom stereocenters. The van der Waals surface area contributed by atoms with Crippen LogP contribution in [-0.4, -0.2) is 13.2 Å². The molecule has 6 rings (SSSR count). The monoisotopic (exact) mass is 415 g/mol. The van der Waals surface area contributed by atoms with E-state index in [4.69, 9.17) is 4.74 Å². The Morgan fingerprint density at radius 1 is 0.833 bits per heavy atom. The second-order valence-corrected chi connectivity index (χ2v) is 9.66. The summed E-state index contributed by atoms with van der Waals surface area (Å²) in [6.45, 7) is 0. The van der Waals surface area contributed by atoms with Crippen molar-refractivity contribution in [3.05, 3.63) is 59.7 Å². The topological polar surface area (TPSA) is 21.3 Å². The molecule has 0 heterocycles. The Balaban J connectivity index is 1.29. The van der Waals surface area contributed by atoms with Gasteiger partial charge in [-0.3, -0.25) is 0 Å². The van der Waals surface area contributed by atoms with Gasteiger partial charge in [0.1, 0.15) is 17.5 Å². The van der Waals surface area contributed by atoms with Crippen LogP contribution in [0.5, 0.6) is 11.5 Å². The first-order valence-electron chi connectivity index (χ1n) is 11.0. The second-order valence-electron chi connectivity index (χ2n) is 9.66. The number of alkyl halides is 3. The highest BCUT2D eigenvalue weighted by Crippen LogP contribution is 2.60. The van der Waals surface area contributed by atoms with Crippen molar-refractivity contribution < 1.29 is 17.9 Å². The molecule has 2 aromatic carbocycles. The number of benzene rings is 2. The molecule has 0 amide bonds. The molecule has 0 radical (unpaired) electrons. The molecule has 4 saturated carbocycles. The Morgan fingerprint density at radius 3 is 1.73 bits per heavy atom. The molecule has 0 aromatic heterocycles. The minimum Gasteiger partial charge on any atom is -0.457 e. The lowest BCUT2D eigenvalue weighted by Crippen LogP contribution is -2.48. The largest absolute Gasteiger partial charge is 0.457 e. The van der Waals surface area contributed by atoms with Gasteiger partial charge in [0, 0.05) is 0 Å². The normalized spacial score (nSPS) is 31.0. The number of ether oxygens (including phenoxy) is 1. The van der Waals surface area contributed by atoms with E-state index >= 15 is 0 Å². The van der Waals surface area contributed by atoms with Gasteiger partial charge in [0.05, 0.1) is 0 Å². The van der Waals surface area contributed by atoms with Gasteiger partial charge >= 0.3 is 6.18 Å². The predicted molar refractivity (Wildman–Crippen MR) is 111 cm³/mol. The molecule has 30 heavy (non-hydrogen) atoms. The van der Waals surface area contributed by atoms with Crippen LogP contribution in [0.15, 0.2) is 48.5 Å². The Labute approximate surface area is 175 Å². The maximum absolute atomic E-state index is 13.1. The smallest absolute Gasteiger partial charge is 0.407 e. The number of rotatable bonds is 5. The molecule has 0 saturated heterocycles. The number of halogens is 3. The van der Waals surface area contributed by atoms with Crippen LogP contribution in [0, 0.1) is 17.8 Å². The van der Waals surface area contributed by atoms with E-state index < -0.39 is 12.2 Å². The first kappa shape index (κ1) is 19.9. The van der Waals surface area contributed by atoms with Gasteiger partial charge in [-0.1, -0.05) is 24.3 Å². The quantitative estimate of drug-likeness (QED) is 0.582. The third-order valence-corrected chi connectivity index (χ3v) is 7.57. The summed E-state index contributed by atoms with van der Waals surface area (Å²) >= 11 is 0. The van der Waals surface area contributed by atoms with Crippen LogP contribution in [0.2, 0.25) is 0 Å². The van der Waals surface area contributed by atoms with E-state index in [1.54, 1.807) is 12.1 Å². The molecule has 4 fully saturated rings. The van der Waals surface area contributed by atoms with E-state index in [-0.39, 0.29) is 5.56 Å². The summed E-state index contributed by atoms with van der Waals surface area (Å²) in [4.78, 5) is 0. The van der Waals surface area contributed by atoms with Gasteiger partial charge in [-0.05, 0) is 104 Å². The lowest BCUT2D eigenvalue weighted by molar-refractivity contribution is -0.156. The van der Waals surface area contributed by atoms with Crippen molar-refractivity contribution in [2.75, 3.05) is 7.05 Å². The Bertz CT molecular complexity index is 853. The fraction of sp³-hybridized carbons (Fsp3) is 0.520. The molecule has 0 aliphatic heterocycles. The van der Waals surface area contributed by atoms with Crippen LogP contribution in [-0.2, 0) is 5.41 Å². The van der Waals surface area contributed by atoms with Crippen LogP contribution in [0.4, 0.5) is 13.2 Å². The zero-order valence-electron chi connectivity index (χ0n) is 17.2. The molecular weight excluding hydrogens is 387 g/mol. The lowest BCUT2D eigenvalue weighted by Gasteiger charge is -2.57. The molecule has 0 unspecified atom stereocenters. The SMILES string of the molecule is CN[C@@H](c1ccc(Oc2ccc(C34CC5CC(CC(C5)C3)C4)cc2)cc1)C(F)(F)F. The highest BCUT2D eigenvalue weighted by atomic mass is 19.4. The molecule has 1 N–H and O–H groups in total. The minimum atomic E-state index is -4.33. The van der Waals surface area contributed by atoms with E-state index in [1.165, 1.54) is 63.3 Å². The summed E-state index contributed by atoms with van der Waals surface area (Å²) in [5.41, 5.74) is 1.97. The van der Waals surface area contributed by atoms with Gasteiger partial charge in [0.15, 0.2) is 0 Å². The van der Waals surface area contributed by atoms with Crippen molar-refractivity contribution in [3.8, 4) is 11.5 Å². The molecule has 4 aliphatic rings. The van der Waals surface area contributed by atoms with Crippen LogP contribution in [0.1, 0.15) is 55.7 Å². The maximum Gasteiger partial charge on any atom is 0.407 e. The summed E-state index contributed by atoms with van der Waals surface area (Å²) in [7, 11) is 1.31. The van der Waals surface area contributed by atoms with Crippen LogP contribution >= 0.6 is 0 Å². The molecule has 4 aliphatic carbocycles. The fourth-order valence-electron chi connectivity index (χ4n) is 6.72. The third kappa shape index (κ3) is 3.62. The maximum atomic E-state index is 13.1. The van der Waals surface area contributed by atoms with Gasteiger partial charge in [-0.2, -0.15) is 13.2 Å². The third-order valence-electron chi connectivity index (χ3n) is 7.57. The van der Waals surface area contributed by atoms with E-state index in [9.17, 15) is 13.2 Å². The van der Waals surface area contributed by atoms with E-state index in [1.807, 2.05) is 12.1 Å². The molecule has 0 spiro atoms. The first-order chi connectivity index (χ1) is 14.3. The van der Waals surface area contributed by atoms with Gasteiger partial charge in [0.2, 0.25) is 0 Å². The van der Waals surface area contributed by atoms with Crippen LogP contribution in [0.25, 0.3) is 0 Å². The first-order valence-corrected chi connectivity index (χ1v) is 11.0. The fourth-order valence-corrected chi connectivity index (χ4v) is 6.72. The van der Waals surface area contributed by atoms with Crippen molar-refractivity contribution in [2.24, 2.45) is 17.8 Å². The highest BCUT2D eigenvalue weighted by molar-refractivity contribution is 5.38. The molecule has 2 nitrogen and oxygen atoms in total. The average Bonchev–Trinajstić information content (AvgIpc) is 2.68. The van der Waals surface area contributed by atoms with Gasteiger partial charge < -0.3 is 10.1 Å². The standard InChI is InChI=1S/C25H28F3NO/c1-29-23(25(26,27)28)19-2-6-21(7-3-19)30-22-8-4-20(5-9-22)24-13-16-10-17(14-24)12-18(11-16)15-24/h2-9,16-18,23,29H,10-15H2,1H3/t16?,17?,18?,23-,24?/m0/s1. The Kier molecular flexibility index (Phi) is 4.85. The zero-order valence-corrected chi connectivity index (χ0v) is 17.2. The Hall–Kier alpha value is -2.01. The summed E-state index contributed by atoms with van der Waals surface area (Å²) < 4.78 is 45.1. The van der Waals surface area contributed by atoms with E-state index in [0.29, 0.717) is 11.2 Å². The summed E-state index contributed by atoms with van der Waals surface area (Å²) in [5.74, 6) is 3.98. The van der Waals surface area contributed by atoms with Crippen molar-refractivity contribution >= 4 is 0 Å². The summed E-state index contributed by atoms with van der Waals surface area (Å²) in [6, 6.07) is 12.9. The second kappa shape index (κ2) is 7.30. The molecule has 5 heteroatoms. The molecule has 2 aromatic rings. The van der Waals surface area contributed by atoms with Gasteiger partial charge in [0.25, 0.3) is 0 Å². The van der Waals surface area contributed by atoms with Crippen LogP contribution < -0.4 is 10.1 Å². The van der Waals surface area contributed by atoms with E-state index in [2.05, 4.69) is 17.4 Å². The van der Waals surface area contributed by atoms with Crippen molar-refractivity contribution in [1.82, 2.24) is 5.32 Å². The van der Waals surface area contributed by atoms with Gasteiger partial charge in [-0.25, -0.2) is 0 Å². The van der Waals surface area contributed by atoms with Crippen molar-refractivity contribution in [3.63, 3.8) is 0 Å². The number of hydrogen-bond donors (Lipinski definition) is 1. The number of nitrogens with one attached hydrogen (secondary N) is 1. The highest BCUT2D eigenvalue weighted by Gasteiger charge is 2.51. The van der Waals surface area contributed by atoms with Crippen molar-refractivity contribution in [1.29, 1.82) is 0 Å². The number of hydrogen-bond acceptors (Lipinski definition) is 2. The predicted octanol–water partition coefficient (Wildman–Crippen LogP) is 6.77.